The Morgan fingerprint density at radius 3 is 2.47 bits per heavy atom. The number of guanidine groups is 1. The second kappa shape index (κ2) is 9.10. The van der Waals surface area contributed by atoms with Gasteiger partial charge in [0.05, 0.1) is 5.75 Å². The van der Waals surface area contributed by atoms with E-state index in [1.165, 1.54) is 0 Å². The molecule has 1 aromatic rings. The molecule has 0 aliphatic heterocycles. The van der Waals surface area contributed by atoms with E-state index in [0.29, 0.717) is 6.54 Å². The van der Waals surface area contributed by atoms with Gasteiger partial charge in [0.25, 0.3) is 0 Å². The van der Waals surface area contributed by atoms with Gasteiger partial charge in [-0.05, 0) is 5.56 Å². The molecule has 0 saturated carbocycles. The zero-order valence-electron chi connectivity index (χ0n) is 10.7. The van der Waals surface area contributed by atoms with Gasteiger partial charge in [0, 0.05) is 20.1 Å². The third-order valence-electron chi connectivity index (χ3n) is 2.19. The van der Waals surface area contributed by atoms with Crippen molar-refractivity contribution in [2.24, 2.45) is 10.7 Å². The molecule has 19 heavy (non-hydrogen) atoms. The van der Waals surface area contributed by atoms with Crippen molar-refractivity contribution in [3.8, 4) is 0 Å². The van der Waals surface area contributed by atoms with Crippen LogP contribution in [0.25, 0.3) is 0 Å². The monoisotopic (exact) mass is 398 g/mol. The lowest BCUT2D eigenvalue weighted by Crippen LogP contribution is -2.38. The van der Waals surface area contributed by atoms with E-state index in [2.05, 4.69) is 15.0 Å². The predicted molar refractivity (Wildman–Crippen MR) is 88.0 cm³/mol. The number of halogens is 1. The number of aliphatic imine (C=N–C) groups is 1. The fourth-order valence-corrected chi connectivity index (χ4v) is 2.47. The van der Waals surface area contributed by atoms with Gasteiger partial charge < -0.3 is 11.1 Å². The highest BCUT2D eigenvalue weighted by atomic mass is 127. The van der Waals surface area contributed by atoms with Gasteiger partial charge in [0.2, 0.25) is 10.0 Å². The molecule has 0 unspecified atom stereocenters. The van der Waals surface area contributed by atoms with E-state index in [0.717, 1.165) is 5.56 Å². The molecule has 0 bridgehead atoms. The lowest BCUT2D eigenvalue weighted by molar-refractivity contribution is 0.580. The molecular weight excluding hydrogens is 379 g/mol. The second-order valence-electron chi connectivity index (χ2n) is 3.67. The summed E-state index contributed by atoms with van der Waals surface area (Å²) in [5.41, 5.74) is 6.17. The summed E-state index contributed by atoms with van der Waals surface area (Å²) < 4.78 is 25.9. The first-order valence-electron chi connectivity index (χ1n) is 5.51. The van der Waals surface area contributed by atoms with Gasteiger partial charge in [-0.15, -0.1) is 24.0 Å². The van der Waals surface area contributed by atoms with Crippen molar-refractivity contribution in [3.63, 3.8) is 0 Å². The van der Waals surface area contributed by atoms with Gasteiger partial charge >= 0.3 is 0 Å². The fourth-order valence-electron chi connectivity index (χ4n) is 1.32. The number of nitrogens with zero attached hydrogens (tertiary/aromatic N) is 1. The van der Waals surface area contributed by atoms with Gasteiger partial charge in [-0.2, -0.15) is 0 Å². The fraction of sp³-hybridized carbons (Fsp3) is 0.364. The molecule has 0 atom stereocenters. The van der Waals surface area contributed by atoms with E-state index in [1.54, 1.807) is 19.2 Å². The van der Waals surface area contributed by atoms with Crippen LogP contribution in [0.4, 0.5) is 0 Å². The first-order chi connectivity index (χ1) is 8.53. The minimum absolute atomic E-state index is 0. The molecular formula is C11H19IN4O2S. The molecule has 8 heteroatoms. The first-order valence-corrected chi connectivity index (χ1v) is 7.16. The molecule has 0 saturated heterocycles. The lowest BCUT2D eigenvalue weighted by Gasteiger charge is -2.08. The Labute approximate surface area is 130 Å². The molecule has 0 aliphatic carbocycles. The van der Waals surface area contributed by atoms with E-state index >= 15 is 0 Å². The Hall–Kier alpha value is -0.870. The third kappa shape index (κ3) is 8.01. The highest BCUT2D eigenvalue weighted by molar-refractivity contribution is 14.0. The first kappa shape index (κ1) is 18.1. The van der Waals surface area contributed by atoms with E-state index in [-0.39, 0.29) is 42.2 Å². The van der Waals surface area contributed by atoms with Crippen molar-refractivity contribution in [2.45, 2.75) is 5.75 Å². The van der Waals surface area contributed by atoms with Gasteiger partial charge in [-0.25, -0.2) is 13.1 Å². The van der Waals surface area contributed by atoms with E-state index < -0.39 is 10.0 Å². The van der Waals surface area contributed by atoms with E-state index in [1.807, 2.05) is 18.2 Å². The highest BCUT2D eigenvalue weighted by Gasteiger charge is 2.10. The number of hydrogen-bond acceptors (Lipinski definition) is 3. The molecule has 1 rings (SSSR count). The van der Waals surface area contributed by atoms with Crippen molar-refractivity contribution in [1.82, 2.24) is 10.0 Å². The number of hydrogen-bond donors (Lipinski definition) is 3. The maximum absolute atomic E-state index is 11.7. The summed E-state index contributed by atoms with van der Waals surface area (Å²) in [6.45, 7) is 0.669. The topological polar surface area (TPSA) is 96.6 Å². The van der Waals surface area contributed by atoms with Crippen LogP contribution in [-0.4, -0.2) is 34.5 Å². The molecule has 0 spiro atoms. The van der Waals surface area contributed by atoms with Crippen molar-refractivity contribution in [3.05, 3.63) is 35.9 Å². The van der Waals surface area contributed by atoms with Crippen LogP contribution < -0.4 is 15.8 Å². The van der Waals surface area contributed by atoms with Crippen LogP contribution in [0.15, 0.2) is 35.3 Å². The molecule has 0 amide bonds. The standard InChI is InChI=1S/C11H18N4O2S.HI/c1-13-11(12)14-7-8-15-18(16,17)9-10-5-3-2-4-6-10;/h2-6,15H,7-9H2,1H3,(H3,12,13,14);1H. The number of nitrogens with two attached hydrogens (primary N) is 1. The van der Waals surface area contributed by atoms with Gasteiger partial charge in [-0.1, -0.05) is 30.3 Å². The SMILES string of the molecule is CN=C(N)NCCNS(=O)(=O)Cc1ccccc1.I. The molecule has 108 valence electrons. The number of sulfonamides is 1. The maximum Gasteiger partial charge on any atom is 0.215 e. The van der Waals surface area contributed by atoms with Gasteiger partial charge in [0.15, 0.2) is 5.96 Å². The van der Waals surface area contributed by atoms with E-state index in [4.69, 9.17) is 5.73 Å². The number of benzene rings is 1. The summed E-state index contributed by atoms with van der Waals surface area (Å²) in [6.07, 6.45) is 0. The normalized spacial score (nSPS) is 11.7. The Morgan fingerprint density at radius 1 is 1.26 bits per heavy atom. The maximum atomic E-state index is 11.7. The highest BCUT2D eigenvalue weighted by Crippen LogP contribution is 2.03. The molecule has 0 aliphatic rings. The zero-order chi connectivity index (χ0) is 13.4. The van der Waals surface area contributed by atoms with Gasteiger partial charge in [0.1, 0.15) is 0 Å². The molecule has 4 N–H and O–H groups in total. The average Bonchev–Trinajstić information content (AvgIpc) is 2.35. The smallest absolute Gasteiger partial charge is 0.215 e. The predicted octanol–water partition coefficient (Wildman–Crippen LogP) is 0.258. The average molecular weight is 398 g/mol. The van der Waals surface area contributed by atoms with Crippen molar-refractivity contribution in [2.75, 3.05) is 20.1 Å². The van der Waals surface area contributed by atoms with Crippen molar-refractivity contribution >= 4 is 40.0 Å². The lowest BCUT2D eigenvalue weighted by atomic mass is 10.2. The molecule has 0 aromatic heterocycles. The third-order valence-corrected chi connectivity index (χ3v) is 3.55. The number of rotatable bonds is 6. The summed E-state index contributed by atoms with van der Waals surface area (Å²) in [5.74, 6) is 0.266. The van der Waals surface area contributed by atoms with Crippen LogP contribution in [0.5, 0.6) is 0 Å². The summed E-state index contributed by atoms with van der Waals surface area (Å²) in [7, 11) is -1.75. The summed E-state index contributed by atoms with van der Waals surface area (Å²) in [6, 6.07) is 9.02. The molecule has 1 aromatic carbocycles. The second-order valence-corrected chi connectivity index (χ2v) is 5.48. The van der Waals surface area contributed by atoms with Crippen molar-refractivity contribution < 1.29 is 8.42 Å². The van der Waals surface area contributed by atoms with Crippen LogP contribution in [-0.2, 0) is 15.8 Å². The Kier molecular flexibility index (Phi) is 8.68. The Bertz CT molecular complexity index is 491. The largest absolute Gasteiger partial charge is 0.370 e. The van der Waals surface area contributed by atoms with Crippen LogP contribution in [0.1, 0.15) is 5.56 Å². The molecule has 6 nitrogen and oxygen atoms in total. The van der Waals surface area contributed by atoms with Gasteiger partial charge in [-0.3, -0.25) is 4.99 Å². The van der Waals surface area contributed by atoms with Crippen LogP contribution in [0, 0.1) is 0 Å². The van der Waals surface area contributed by atoms with Crippen LogP contribution in [0.3, 0.4) is 0 Å². The molecule has 0 heterocycles. The quantitative estimate of drug-likeness (QED) is 0.277. The van der Waals surface area contributed by atoms with Crippen LogP contribution >= 0.6 is 24.0 Å². The molecule has 0 radical (unpaired) electrons. The minimum atomic E-state index is -3.31. The minimum Gasteiger partial charge on any atom is -0.370 e. The van der Waals surface area contributed by atoms with Crippen molar-refractivity contribution in [1.29, 1.82) is 0 Å². The number of nitrogens with one attached hydrogen (secondary N) is 2. The summed E-state index contributed by atoms with van der Waals surface area (Å²) >= 11 is 0. The Morgan fingerprint density at radius 2 is 1.89 bits per heavy atom. The zero-order valence-corrected chi connectivity index (χ0v) is 13.8. The Balaban J connectivity index is 0.00000324. The summed E-state index contributed by atoms with van der Waals surface area (Å²) in [4.78, 5) is 3.70. The van der Waals surface area contributed by atoms with E-state index in [9.17, 15) is 8.42 Å². The molecule has 0 fully saturated rings. The van der Waals surface area contributed by atoms with Crippen LogP contribution in [0.2, 0.25) is 0 Å². The summed E-state index contributed by atoms with van der Waals surface area (Å²) in [5, 5.41) is 2.77.